The molecule has 0 bridgehead atoms. The molecule has 0 heterocycles. The van der Waals surface area contributed by atoms with Gasteiger partial charge in [-0.2, -0.15) is 0 Å². The van der Waals surface area contributed by atoms with Gasteiger partial charge < -0.3 is 10.4 Å². The minimum atomic E-state index is -0.981. The van der Waals surface area contributed by atoms with Crippen molar-refractivity contribution in [1.29, 1.82) is 0 Å². The number of amides is 1. The van der Waals surface area contributed by atoms with Gasteiger partial charge in [0.15, 0.2) is 5.78 Å². The van der Waals surface area contributed by atoms with Crippen LogP contribution in [0.2, 0.25) is 15.1 Å². The summed E-state index contributed by atoms with van der Waals surface area (Å²) in [4.78, 5) is 37.2. The molecule has 0 aliphatic rings. The molecule has 3 aromatic carbocycles. The molecular formula is C29H28Cl3NO4. The maximum absolute atomic E-state index is 14.1. The number of halogens is 3. The molecule has 194 valence electrons. The number of aryl methyl sites for hydroxylation is 1. The number of rotatable bonds is 11. The largest absolute Gasteiger partial charge is 0.481 e. The highest BCUT2D eigenvalue weighted by atomic mass is 35.5. The summed E-state index contributed by atoms with van der Waals surface area (Å²) in [6.07, 6.45) is 1.38. The average molecular weight is 561 g/mol. The summed E-state index contributed by atoms with van der Waals surface area (Å²) < 4.78 is 0. The van der Waals surface area contributed by atoms with Crippen molar-refractivity contribution in [2.75, 3.05) is 6.54 Å². The Morgan fingerprint density at radius 2 is 1.51 bits per heavy atom. The van der Waals surface area contributed by atoms with E-state index < -0.39 is 11.9 Å². The first-order valence-electron chi connectivity index (χ1n) is 12.0. The molecule has 0 saturated carbocycles. The van der Waals surface area contributed by atoms with Crippen LogP contribution in [0.5, 0.6) is 0 Å². The van der Waals surface area contributed by atoms with E-state index in [1.807, 2.05) is 31.2 Å². The molecule has 2 unspecified atom stereocenters. The topological polar surface area (TPSA) is 83.5 Å². The number of benzene rings is 3. The Morgan fingerprint density at radius 1 is 0.892 bits per heavy atom. The van der Waals surface area contributed by atoms with Gasteiger partial charge in [-0.1, -0.05) is 72.4 Å². The number of ketones is 1. The van der Waals surface area contributed by atoms with Crippen molar-refractivity contribution in [2.45, 2.75) is 44.9 Å². The highest BCUT2D eigenvalue weighted by Crippen LogP contribution is 2.41. The third kappa shape index (κ3) is 7.35. The summed E-state index contributed by atoms with van der Waals surface area (Å²) >= 11 is 19.0. The van der Waals surface area contributed by atoms with Crippen molar-refractivity contribution in [3.8, 4) is 0 Å². The minimum Gasteiger partial charge on any atom is -0.481 e. The normalized spacial score (nSPS) is 12.6. The third-order valence-electron chi connectivity index (χ3n) is 6.22. The Balaban J connectivity index is 2.02. The number of Topliss-reactive ketones (excluding diaryl/α,β-unsaturated/α-hetero) is 1. The Bertz CT molecular complexity index is 1270. The first-order valence-corrected chi connectivity index (χ1v) is 13.1. The van der Waals surface area contributed by atoms with Crippen molar-refractivity contribution >= 4 is 52.5 Å². The van der Waals surface area contributed by atoms with E-state index in [-0.39, 0.29) is 30.6 Å². The molecule has 2 N–H and O–H groups in total. The zero-order valence-corrected chi connectivity index (χ0v) is 22.8. The van der Waals surface area contributed by atoms with Gasteiger partial charge in [0.25, 0.3) is 5.91 Å². The zero-order chi connectivity index (χ0) is 27.1. The van der Waals surface area contributed by atoms with Crippen LogP contribution in [0.15, 0.2) is 60.7 Å². The molecule has 0 spiro atoms. The van der Waals surface area contributed by atoms with Gasteiger partial charge in [-0.05, 0) is 72.4 Å². The Hall–Kier alpha value is -2.86. The number of carboxylic acid groups (broad SMARTS) is 1. The van der Waals surface area contributed by atoms with Crippen LogP contribution >= 0.6 is 34.8 Å². The highest BCUT2D eigenvalue weighted by Gasteiger charge is 2.33. The van der Waals surface area contributed by atoms with Gasteiger partial charge in [-0.15, -0.1) is 0 Å². The fourth-order valence-electron chi connectivity index (χ4n) is 4.41. The van der Waals surface area contributed by atoms with Gasteiger partial charge in [0.2, 0.25) is 0 Å². The van der Waals surface area contributed by atoms with Crippen molar-refractivity contribution in [3.63, 3.8) is 0 Å². The second kappa shape index (κ2) is 13.1. The van der Waals surface area contributed by atoms with Gasteiger partial charge in [0.1, 0.15) is 0 Å². The van der Waals surface area contributed by atoms with Gasteiger partial charge in [0.05, 0.1) is 17.4 Å². The Kier molecular flexibility index (Phi) is 10.2. The molecule has 37 heavy (non-hydrogen) atoms. The molecule has 1 amide bonds. The summed E-state index contributed by atoms with van der Waals surface area (Å²) in [6, 6.07) is 17.6. The molecule has 2 atom stereocenters. The van der Waals surface area contributed by atoms with Gasteiger partial charge in [-0.25, -0.2) is 0 Å². The van der Waals surface area contributed by atoms with Crippen molar-refractivity contribution in [3.05, 3.63) is 104 Å². The predicted molar refractivity (Wildman–Crippen MR) is 148 cm³/mol. The van der Waals surface area contributed by atoms with Gasteiger partial charge in [-0.3, -0.25) is 14.4 Å². The average Bonchev–Trinajstić information content (AvgIpc) is 2.86. The molecule has 0 aliphatic carbocycles. The predicted octanol–water partition coefficient (Wildman–Crippen LogP) is 7.71. The summed E-state index contributed by atoms with van der Waals surface area (Å²) in [5.41, 5.74) is 3.19. The fourth-order valence-corrected chi connectivity index (χ4v) is 5.01. The van der Waals surface area contributed by atoms with Crippen LogP contribution in [-0.2, 0) is 4.79 Å². The number of hydrogen-bond acceptors (Lipinski definition) is 3. The lowest BCUT2D eigenvalue weighted by Crippen LogP contribution is -2.26. The van der Waals surface area contributed by atoms with E-state index >= 15 is 0 Å². The zero-order valence-electron chi connectivity index (χ0n) is 20.6. The number of hydrogen-bond donors (Lipinski definition) is 2. The fraction of sp³-hybridized carbons (Fsp3) is 0.276. The van der Waals surface area contributed by atoms with Crippen LogP contribution in [0.1, 0.15) is 75.4 Å². The Labute approximate surface area is 231 Å². The van der Waals surface area contributed by atoms with Crippen molar-refractivity contribution in [1.82, 2.24) is 5.32 Å². The lowest BCUT2D eigenvalue weighted by molar-refractivity contribution is -0.136. The molecule has 8 heteroatoms. The quantitative estimate of drug-likeness (QED) is 0.235. The summed E-state index contributed by atoms with van der Waals surface area (Å²) in [5, 5.41) is 12.8. The molecular weight excluding hydrogens is 533 g/mol. The van der Waals surface area contributed by atoms with E-state index in [0.29, 0.717) is 32.6 Å². The van der Waals surface area contributed by atoms with Crippen LogP contribution in [0.4, 0.5) is 0 Å². The molecule has 0 aromatic heterocycles. The molecule has 0 radical (unpaired) electrons. The van der Waals surface area contributed by atoms with Crippen LogP contribution in [-0.4, -0.2) is 29.3 Å². The lowest BCUT2D eigenvalue weighted by atomic mass is 9.75. The van der Waals surface area contributed by atoms with E-state index in [4.69, 9.17) is 39.9 Å². The smallest absolute Gasteiger partial charge is 0.305 e. The highest BCUT2D eigenvalue weighted by molar-refractivity contribution is 6.37. The van der Waals surface area contributed by atoms with E-state index in [2.05, 4.69) is 12.2 Å². The first-order chi connectivity index (χ1) is 17.6. The van der Waals surface area contributed by atoms with Crippen LogP contribution in [0.25, 0.3) is 0 Å². The Morgan fingerprint density at radius 3 is 2.11 bits per heavy atom. The van der Waals surface area contributed by atoms with Crippen LogP contribution in [0.3, 0.4) is 0 Å². The number of carbonyl (C=O) groups is 3. The van der Waals surface area contributed by atoms with Crippen LogP contribution in [0, 0.1) is 6.92 Å². The summed E-state index contributed by atoms with van der Waals surface area (Å²) in [6.45, 7) is 3.91. The number of carbonyl (C=O) groups excluding carboxylic acids is 2. The van der Waals surface area contributed by atoms with Crippen molar-refractivity contribution in [2.24, 2.45) is 0 Å². The van der Waals surface area contributed by atoms with Crippen LogP contribution < -0.4 is 5.32 Å². The second-order valence-corrected chi connectivity index (χ2v) is 10.1. The first kappa shape index (κ1) is 28.7. The molecule has 5 nitrogen and oxygen atoms in total. The van der Waals surface area contributed by atoms with Gasteiger partial charge >= 0.3 is 5.97 Å². The maximum atomic E-state index is 14.1. The lowest BCUT2D eigenvalue weighted by Gasteiger charge is -2.28. The SMILES string of the molecule is CCCC(c1ccc(C(=O)NCCC(=O)O)cc1)C(C(=O)c1cc(Cl)cc(C)c1Cl)c1ccc(Cl)cc1. The molecule has 0 fully saturated rings. The third-order valence-corrected chi connectivity index (χ3v) is 7.20. The number of carboxylic acids is 1. The van der Waals surface area contributed by atoms with E-state index in [9.17, 15) is 14.4 Å². The minimum absolute atomic E-state index is 0.0430. The molecule has 0 aliphatic heterocycles. The molecule has 3 aromatic rings. The summed E-state index contributed by atoms with van der Waals surface area (Å²) in [5.74, 6) is -2.26. The van der Waals surface area contributed by atoms with E-state index in [1.165, 1.54) is 0 Å². The molecule has 0 saturated heterocycles. The number of nitrogens with one attached hydrogen (secondary N) is 1. The maximum Gasteiger partial charge on any atom is 0.305 e. The monoisotopic (exact) mass is 559 g/mol. The van der Waals surface area contributed by atoms with Gasteiger partial charge in [0, 0.05) is 27.7 Å². The van der Waals surface area contributed by atoms with E-state index in [0.717, 1.165) is 23.1 Å². The summed E-state index contributed by atoms with van der Waals surface area (Å²) in [7, 11) is 0. The van der Waals surface area contributed by atoms with Crippen molar-refractivity contribution < 1.29 is 19.5 Å². The standard InChI is InChI=1S/C29H28Cl3NO4/c1-3-4-23(18-5-7-20(8-6-18)29(37)33-14-13-25(34)35)26(19-9-11-21(30)12-10-19)28(36)24-16-22(31)15-17(2)27(24)32/h5-12,15-16,23,26H,3-4,13-14H2,1-2H3,(H,33,37)(H,34,35). The number of aliphatic carboxylic acids is 1. The molecule has 3 rings (SSSR count). The van der Waals surface area contributed by atoms with E-state index in [1.54, 1.807) is 36.4 Å². The second-order valence-electron chi connectivity index (χ2n) is 8.89.